The van der Waals surface area contributed by atoms with E-state index < -0.39 is 5.97 Å². The van der Waals surface area contributed by atoms with E-state index in [-0.39, 0.29) is 6.61 Å². The predicted molar refractivity (Wildman–Crippen MR) is 65.3 cm³/mol. The lowest BCUT2D eigenvalue weighted by Crippen LogP contribution is -2.02. The van der Waals surface area contributed by atoms with Crippen LogP contribution in [0.2, 0.25) is 0 Å². The maximum absolute atomic E-state index is 11.1. The first-order valence-electron chi connectivity index (χ1n) is 5.57. The molecule has 1 aromatic heterocycles. The molecule has 0 aliphatic heterocycles. The van der Waals surface area contributed by atoms with Crippen LogP contribution in [-0.2, 0) is 6.54 Å². The number of carboxylic acid groups (broad SMARTS) is 1. The van der Waals surface area contributed by atoms with Gasteiger partial charge in [0.25, 0.3) is 0 Å². The third-order valence-electron chi connectivity index (χ3n) is 2.90. The first kappa shape index (κ1) is 11.7. The second kappa shape index (κ2) is 4.59. The van der Waals surface area contributed by atoms with E-state index in [9.17, 15) is 4.79 Å². The lowest BCUT2D eigenvalue weighted by molar-refractivity contribution is 0.0696. The molecule has 90 valence electrons. The van der Waals surface area contributed by atoms with E-state index in [2.05, 4.69) is 0 Å². The van der Waals surface area contributed by atoms with Crippen LogP contribution in [0.5, 0.6) is 0 Å². The van der Waals surface area contributed by atoms with Gasteiger partial charge < -0.3 is 14.8 Å². The molecule has 0 saturated heterocycles. The summed E-state index contributed by atoms with van der Waals surface area (Å²) < 4.78 is 1.97. The van der Waals surface area contributed by atoms with E-state index in [0.29, 0.717) is 18.5 Å². The Hall–Kier alpha value is -1.81. The summed E-state index contributed by atoms with van der Waals surface area (Å²) in [5, 5.41) is 18.9. The molecule has 0 spiro atoms. The highest BCUT2D eigenvalue weighted by Gasteiger charge is 2.10. The molecule has 0 atom stereocenters. The first-order chi connectivity index (χ1) is 8.13. The summed E-state index contributed by atoms with van der Waals surface area (Å²) in [6, 6.07) is 5.55. The summed E-state index contributed by atoms with van der Waals surface area (Å²) >= 11 is 0. The summed E-state index contributed by atoms with van der Waals surface area (Å²) in [4.78, 5) is 11.1. The van der Waals surface area contributed by atoms with E-state index in [1.165, 1.54) is 0 Å². The molecular formula is C13H15NO3. The third kappa shape index (κ3) is 2.17. The smallest absolute Gasteiger partial charge is 0.336 e. The summed E-state index contributed by atoms with van der Waals surface area (Å²) in [6.45, 7) is 2.63. The van der Waals surface area contributed by atoms with Crippen molar-refractivity contribution in [2.24, 2.45) is 0 Å². The van der Waals surface area contributed by atoms with Gasteiger partial charge in [0, 0.05) is 24.9 Å². The predicted octanol–water partition coefficient (Wildman–Crippen LogP) is 2.03. The van der Waals surface area contributed by atoms with Crippen LogP contribution in [0.25, 0.3) is 10.9 Å². The van der Waals surface area contributed by atoms with Crippen LogP contribution in [0.1, 0.15) is 22.3 Å². The van der Waals surface area contributed by atoms with Crippen LogP contribution >= 0.6 is 0 Å². The molecule has 1 aromatic carbocycles. The van der Waals surface area contributed by atoms with Gasteiger partial charge in [0.05, 0.1) is 5.56 Å². The SMILES string of the molecule is Cc1cc2ccn(CCCO)c2cc1C(=O)O. The number of carboxylic acids is 1. The summed E-state index contributed by atoms with van der Waals surface area (Å²) in [6.07, 6.45) is 2.59. The molecule has 2 N–H and O–H groups in total. The highest BCUT2D eigenvalue weighted by Crippen LogP contribution is 2.21. The van der Waals surface area contributed by atoms with Gasteiger partial charge >= 0.3 is 5.97 Å². The Balaban J connectivity index is 2.51. The number of aromatic carboxylic acids is 1. The molecule has 0 unspecified atom stereocenters. The molecule has 0 aliphatic rings. The minimum atomic E-state index is -0.903. The fourth-order valence-corrected chi connectivity index (χ4v) is 2.02. The lowest BCUT2D eigenvalue weighted by atomic mass is 10.1. The van der Waals surface area contributed by atoms with Crippen molar-refractivity contribution in [2.75, 3.05) is 6.61 Å². The fraction of sp³-hybridized carbons (Fsp3) is 0.308. The Labute approximate surface area is 99.1 Å². The zero-order chi connectivity index (χ0) is 12.4. The lowest BCUT2D eigenvalue weighted by Gasteiger charge is -2.06. The number of aliphatic hydroxyl groups is 1. The van der Waals surface area contributed by atoms with Crippen molar-refractivity contribution in [1.29, 1.82) is 0 Å². The average molecular weight is 233 g/mol. The Morgan fingerprint density at radius 1 is 1.41 bits per heavy atom. The van der Waals surface area contributed by atoms with Crippen LogP contribution in [0.3, 0.4) is 0 Å². The minimum Gasteiger partial charge on any atom is -0.478 e. The summed E-state index contributed by atoms with van der Waals surface area (Å²) in [5.74, 6) is -0.903. The van der Waals surface area contributed by atoms with Crippen molar-refractivity contribution in [3.63, 3.8) is 0 Å². The molecule has 17 heavy (non-hydrogen) atoms. The molecule has 0 bridgehead atoms. The fourth-order valence-electron chi connectivity index (χ4n) is 2.02. The molecule has 0 amide bonds. The Morgan fingerprint density at radius 2 is 2.18 bits per heavy atom. The first-order valence-corrected chi connectivity index (χ1v) is 5.57. The topological polar surface area (TPSA) is 62.5 Å². The number of carbonyl (C=O) groups is 1. The van der Waals surface area contributed by atoms with Gasteiger partial charge in [0.2, 0.25) is 0 Å². The van der Waals surface area contributed by atoms with E-state index in [0.717, 1.165) is 16.5 Å². The molecule has 1 heterocycles. The number of hydrogen-bond donors (Lipinski definition) is 2. The van der Waals surface area contributed by atoms with Gasteiger partial charge in [-0.15, -0.1) is 0 Å². The second-order valence-corrected chi connectivity index (χ2v) is 4.12. The molecule has 2 aromatic rings. The zero-order valence-electron chi connectivity index (χ0n) is 9.68. The quantitative estimate of drug-likeness (QED) is 0.849. The number of rotatable bonds is 4. The molecule has 0 fully saturated rings. The van der Waals surface area contributed by atoms with Crippen LogP contribution in [-0.4, -0.2) is 27.4 Å². The third-order valence-corrected chi connectivity index (χ3v) is 2.90. The molecule has 0 radical (unpaired) electrons. The van der Waals surface area contributed by atoms with E-state index in [1.807, 2.05) is 22.9 Å². The number of fused-ring (bicyclic) bond motifs is 1. The van der Waals surface area contributed by atoms with Gasteiger partial charge in [0.1, 0.15) is 0 Å². The van der Waals surface area contributed by atoms with Gasteiger partial charge in [0.15, 0.2) is 0 Å². The van der Waals surface area contributed by atoms with E-state index in [1.54, 1.807) is 13.0 Å². The van der Waals surface area contributed by atoms with Crippen LogP contribution in [0.4, 0.5) is 0 Å². The highest BCUT2D eigenvalue weighted by molar-refractivity contribution is 5.95. The van der Waals surface area contributed by atoms with Crippen LogP contribution < -0.4 is 0 Å². The molecule has 0 saturated carbocycles. The zero-order valence-corrected chi connectivity index (χ0v) is 9.68. The minimum absolute atomic E-state index is 0.136. The van der Waals surface area contributed by atoms with Gasteiger partial charge in [-0.3, -0.25) is 0 Å². The number of aromatic nitrogens is 1. The number of aryl methyl sites for hydroxylation is 2. The normalized spacial score (nSPS) is 10.9. The number of hydrogen-bond acceptors (Lipinski definition) is 2. The Kier molecular flexibility index (Phi) is 3.15. The number of aliphatic hydroxyl groups excluding tert-OH is 1. The molecule has 0 aliphatic carbocycles. The summed E-state index contributed by atoms with van der Waals surface area (Å²) in [7, 11) is 0. The van der Waals surface area contributed by atoms with Crippen molar-refractivity contribution >= 4 is 16.9 Å². The second-order valence-electron chi connectivity index (χ2n) is 4.12. The van der Waals surface area contributed by atoms with Crippen molar-refractivity contribution in [3.05, 3.63) is 35.5 Å². The average Bonchev–Trinajstić information content (AvgIpc) is 2.67. The monoisotopic (exact) mass is 233 g/mol. The molecule has 4 heteroatoms. The number of benzene rings is 1. The van der Waals surface area contributed by atoms with Gasteiger partial charge in [-0.1, -0.05) is 0 Å². The number of nitrogens with zero attached hydrogens (tertiary/aromatic N) is 1. The van der Waals surface area contributed by atoms with Gasteiger partial charge in [-0.05, 0) is 42.5 Å². The van der Waals surface area contributed by atoms with E-state index in [4.69, 9.17) is 10.2 Å². The maximum Gasteiger partial charge on any atom is 0.336 e. The van der Waals surface area contributed by atoms with Gasteiger partial charge in [-0.2, -0.15) is 0 Å². The van der Waals surface area contributed by atoms with Crippen molar-refractivity contribution in [2.45, 2.75) is 19.9 Å². The largest absolute Gasteiger partial charge is 0.478 e. The van der Waals surface area contributed by atoms with Crippen LogP contribution in [0, 0.1) is 6.92 Å². The standard InChI is InChI=1S/C13H15NO3/c1-9-7-10-3-5-14(4-2-6-15)12(10)8-11(9)13(16)17/h3,5,7-8,15H,2,4,6H2,1H3,(H,16,17). The summed E-state index contributed by atoms with van der Waals surface area (Å²) in [5.41, 5.74) is 2.01. The Morgan fingerprint density at radius 3 is 2.82 bits per heavy atom. The Bertz CT molecular complexity index is 557. The van der Waals surface area contributed by atoms with Crippen molar-refractivity contribution in [1.82, 2.24) is 4.57 Å². The van der Waals surface area contributed by atoms with Crippen molar-refractivity contribution in [3.8, 4) is 0 Å². The van der Waals surface area contributed by atoms with Gasteiger partial charge in [-0.25, -0.2) is 4.79 Å². The van der Waals surface area contributed by atoms with E-state index >= 15 is 0 Å². The highest BCUT2D eigenvalue weighted by atomic mass is 16.4. The molecule has 2 rings (SSSR count). The van der Waals surface area contributed by atoms with Crippen molar-refractivity contribution < 1.29 is 15.0 Å². The van der Waals surface area contributed by atoms with Crippen LogP contribution in [0.15, 0.2) is 24.4 Å². The molecule has 4 nitrogen and oxygen atoms in total. The maximum atomic E-state index is 11.1. The molecular weight excluding hydrogens is 218 g/mol.